The number of aromatic nitrogens is 1. The molecular formula is C18H26N2OS. The standard InChI is InChI=1S/C18H26N2OS/c1-13-5-6-16(14(2)11-13)21-10-8-18(3,4)17-20-15(7-9-19)12-22-17/h5-6,11-12H,7-10,19H2,1-4H3. The second kappa shape index (κ2) is 7.25. The molecule has 0 aliphatic carbocycles. The Balaban J connectivity index is 1.94. The first-order chi connectivity index (χ1) is 10.4. The zero-order chi connectivity index (χ0) is 16.2. The van der Waals surface area contributed by atoms with Crippen LogP contribution in [0.25, 0.3) is 0 Å². The molecule has 0 saturated heterocycles. The maximum atomic E-state index is 5.96. The SMILES string of the molecule is Cc1ccc(OCCC(C)(C)c2nc(CCN)cs2)c(C)c1. The molecule has 1 heterocycles. The van der Waals surface area contributed by atoms with Crippen LogP contribution in [0, 0.1) is 13.8 Å². The van der Waals surface area contributed by atoms with E-state index in [4.69, 9.17) is 15.5 Å². The van der Waals surface area contributed by atoms with E-state index < -0.39 is 0 Å². The van der Waals surface area contributed by atoms with E-state index in [0.717, 1.165) is 24.3 Å². The van der Waals surface area contributed by atoms with E-state index in [1.54, 1.807) is 11.3 Å². The Morgan fingerprint density at radius 2 is 2.05 bits per heavy atom. The largest absolute Gasteiger partial charge is 0.493 e. The third-order valence-electron chi connectivity index (χ3n) is 3.85. The smallest absolute Gasteiger partial charge is 0.122 e. The molecule has 3 nitrogen and oxygen atoms in total. The molecule has 2 N–H and O–H groups in total. The molecule has 120 valence electrons. The lowest BCUT2D eigenvalue weighted by molar-refractivity contribution is 0.271. The maximum Gasteiger partial charge on any atom is 0.122 e. The van der Waals surface area contributed by atoms with E-state index in [2.05, 4.69) is 51.3 Å². The first-order valence-electron chi connectivity index (χ1n) is 7.77. The molecule has 0 unspecified atom stereocenters. The first kappa shape index (κ1) is 17.0. The Hall–Kier alpha value is -1.39. The molecule has 0 amide bonds. The van der Waals surface area contributed by atoms with E-state index in [1.165, 1.54) is 16.1 Å². The predicted molar refractivity (Wildman–Crippen MR) is 93.9 cm³/mol. The second-order valence-corrected chi connectivity index (χ2v) is 7.29. The summed E-state index contributed by atoms with van der Waals surface area (Å²) in [5.41, 5.74) is 9.18. The third kappa shape index (κ3) is 4.31. The summed E-state index contributed by atoms with van der Waals surface area (Å²) < 4.78 is 5.96. The van der Waals surface area contributed by atoms with Crippen LogP contribution in [0.15, 0.2) is 23.6 Å². The highest BCUT2D eigenvalue weighted by molar-refractivity contribution is 7.09. The van der Waals surface area contributed by atoms with E-state index in [1.807, 2.05) is 0 Å². The highest BCUT2D eigenvalue weighted by atomic mass is 32.1. The van der Waals surface area contributed by atoms with Crippen LogP contribution in [0.1, 0.15) is 42.1 Å². The number of ether oxygens (including phenoxy) is 1. The van der Waals surface area contributed by atoms with Crippen molar-refractivity contribution in [1.82, 2.24) is 4.98 Å². The molecule has 0 atom stereocenters. The summed E-state index contributed by atoms with van der Waals surface area (Å²) in [4.78, 5) is 4.71. The summed E-state index contributed by atoms with van der Waals surface area (Å²) in [6.45, 7) is 9.99. The van der Waals surface area contributed by atoms with E-state index in [-0.39, 0.29) is 5.41 Å². The predicted octanol–water partition coefficient (Wildman–Crippen LogP) is 4.01. The van der Waals surface area contributed by atoms with Crippen molar-refractivity contribution >= 4 is 11.3 Å². The monoisotopic (exact) mass is 318 g/mol. The Kier molecular flexibility index (Phi) is 5.59. The van der Waals surface area contributed by atoms with Crippen molar-refractivity contribution in [3.8, 4) is 5.75 Å². The summed E-state index contributed by atoms with van der Waals surface area (Å²) in [6, 6.07) is 6.30. The Morgan fingerprint density at radius 1 is 1.27 bits per heavy atom. The fourth-order valence-corrected chi connectivity index (χ4v) is 3.37. The molecule has 4 heteroatoms. The Morgan fingerprint density at radius 3 is 2.73 bits per heavy atom. The number of rotatable bonds is 7. The van der Waals surface area contributed by atoms with Gasteiger partial charge in [0.2, 0.25) is 0 Å². The number of aryl methyl sites for hydroxylation is 2. The van der Waals surface area contributed by atoms with E-state index in [0.29, 0.717) is 13.2 Å². The molecule has 0 radical (unpaired) electrons. The van der Waals surface area contributed by atoms with Gasteiger partial charge in [-0.3, -0.25) is 0 Å². The van der Waals surface area contributed by atoms with Crippen LogP contribution < -0.4 is 10.5 Å². The van der Waals surface area contributed by atoms with Gasteiger partial charge in [-0.2, -0.15) is 0 Å². The number of nitrogens with two attached hydrogens (primary N) is 1. The summed E-state index contributed by atoms with van der Waals surface area (Å²) >= 11 is 1.73. The maximum absolute atomic E-state index is 5.96. The number of thiazole rings is 1. The number of nitrogens with zero attached hydrogens (tertiary/aromatic N) is 1. The van der Waals surface area contributed by atoms with Crippen LogP contribution >= 0.6 is 11.3 Å². The molecule has 1 aromatic heterocycles. The first-order valence-corrected chi connectivity index (χ1v) is 8.65. The van der Waals surface area contributed by atoms with Gasteiger partial charge in [0.1, 0.15) is 5.75 Å². The van der Waals surface area contributed by atoms with Gasteiger partial charge in [0.25, 0.3) is 0 Å². The molecule has 2 rings (SSSR count). The highest BCUT2D eigenvalue weighted by Crippen LogP contribution is 2.30. The summed E-state index contributed by atoms with van der Waals surface area (Å²) in [5, 5.41) is 3.29. The minimum atomic E-state index is 0.0239. The normalized spacial score (nSPS) is 11.7. The fraction of sp³-hybridized carbons (Fsp3) is 0.500. The quantitative estimate of drug-likeness (QED) is 0.839. The fourth-order valence-electron chi connectivity index (χ4n) is 2.36. The number of benzene rings is 1. The molecule has 0 fully saturated rings. The minimum absolute atomic E-state index is 0.0239. The van der Waals surface area contributed by atoms with Crippen LogP contribution in [-0.4, -0.2) is 18.1 Å². The molecule has 2 aromatic rings. The molecule has 0 aliphatic rings. The van der Waals surface area contributed by atoms with Crippen molar-refractivity contribution in [3.63, 3.8) is 0 Å². The van der Waals surface area contributed by atoms with Crippen LogP contribution in [0.3, 0.4) is 0 Å². The van der Waals surface area contributed by atoms with Crippen molar-refractivity contribution in [2.45, 2.75) is 46.0 Å². The lowest BCUT2D eigenvalue weighted by Gasteiger charge is -2.22. The average molecular weight is 318 g/mol. The molecule has 0 bridgehead atoms. The second-order valence-electron chi connectivity index (χ2n) is 6.43. The highest BCUT2D eigenvalue weighted by Gasteiger charge is 2.24. The van der Waals surface area contributed by atoms with Gasteiger partial charge in [-0.15, -0.1) is 11.3 Å². The lowest BCUT2D eigenvalue weighted by atomic mass is 9.90. The van der Waals surface area contributed by atoms with Gasteiger partial charge in [0.15, 0.2) is 0 Å². The Labute approximate surface area is 137 Å². The van der Waals surface area contributed by atoms with Gasteiger partial charge in [0.05, 0.1) is 17.3 Å². The molecule has 1 aromatic carbocycles. The zero-order valence-corrected chi connectivity index (χ0v) is 14.8. The molecule has 0 aliphatic heterocycles. The van der Waals surface area contributed by atoms with Crippen molar-refractivity contribution in [3.05, 3.63) is 45.4 Å². The van der Waals surface area contributed by atoms with Gasteiger partial charge in [-0.05, 0) is 38.4 Å². The summed E-state index contributed by atoms with van der Waals surface area (Å²) in [7, 11) is 0. The lowest BCUT2D eigenvalue weighted by Crippen LogP contribution is -2.21. The van der Waals surface area contributed by atoms with Crippen molar-refractivity contribution in [1.29, 1.82) is 0 Å². The molecule has 0 saturated carbocycles. The summed E-state index contributed by atoms with van der Waals surface area (Å²) in [5.74, 6) is 0.976. The summed E-state index contributed by atoms with van der Waals surface area (Å²) in [6.07, 6.45) is 1.79. The van der Waals surface area contributed by atoms with Crippen molar-refractivity contribution in [2.75, 3.05) is 13.2 Å². The van der Waals surface area contributed by atoms with Gasteiger partial charge in [-0.1, -0.05) is 31.5 Å². The third-order valence-corrected chi connectivity index (χ3v) is 5.10. The van der Waals surface area contributed by atoms with Gasteiger partial charge in [0, 0.05) is 17.2 Å². The van der Waals surface area contributed by atoms with Crippen LogP contribution in [0.2, 0.25) is 0 Å². The number of hydrogen-bond acceptors (Lipinski definition) is 4. The molecule has 0 spiro atoms. The molecule has 22 heavy (non-hydrogen) atoms. The minimum Gasteiger partial charge on any atom is -0.493 e. The number of hydrogen-bond donors (Lipinski definition) is 1. The van der Waals surface area contributed by atoms with Crippen molar-refractivity contribution < 1.29 is 4.74 Å². The van der Waals surface area contributed by atoms with Gasteiger partial charge >= 0.3 is 0 Å². The van der Waals surface area contributed by atoms with E-state index in [9.17, 15) is 0 Å². The zero-order valence-electron chi connectivity index (χ0n) is 14.0. The van der Waals surface area contributed by atoms with E-state index >= 15 is 0 Å². The van der Waals surface area contributed by atoms with Gasteiger partial charge in [-0.25, -0.2) is 4.98 Å². The molecular weight excluding hydrogens is 292 g/mol. The van der Waals surface area contributed by atoms with Crippen LogP contribution in [0.5, 0.6) is 5.75 Å². The van der Waals surface area contributed by atoms with Crippen molar-refractivity contribution in [2.24, 2.45) is 5.73 Å². The Bertz CT molecular complexity index is 619. The topological polar surface area (TPSA) is 48.1 Å². The van der Waals surface area contributed by atoms with Crippen LogP contribution in [0.4, 0.5) is 0 Å². The van der Waals surface area contributed by atoms with Crippen LogP contribution in [-0.2, 0) is 11.8 Å². The van der Waals surface area contributed by atoms with Gasteiger partial charge < -0.3 is 10.5 Å². The average Bonchev–Trinajstić information content (AvgIpc) is 2.91.